The smallest absolute Gasteiger partial charge is 0.225 e. The van der Waals surface area contributed by atoms with Crippen LogP contribution in [0.1, 0.15) is 51.4 Å². The number of likely N-dealkylation sites (tertiary alicyclic amines) is 2. The predicted octanol–water partition coefficient (Wildman–Crippen LogP) is 0.921. The van der Waals surface area contributed by atoms with Crippen LogP contribution in [0.2, 0.25) is 0 Å². The first-order valence-corrected chi connectivity index (χ1v) is 8.78. The Morgan fingerprint density at radius 3 is 2.48 bits per heavy atom. The third kappa shape index (κ3) is 3.24. The highest BCUT2D eigenvalue weighted by Gasteiger charge is 2.47. The van der Waals surface area contributed by atoms with E-state index < -0.39 is 5.60 Å². The van der Waals surface area contributed by atoms with Gasteiger partial charge < -0.3 is 19.6 Å². The first kappa shape index (κ1) is 16.7. The van der Waals surface area contributed by atoms with Crippen LogP contribution in [0.4, 0.5) is 0 Å². The summed E-state index contributed by atoms with van der Waals surface area (Å²) in [5, 5.41) is 10.2. The number of rotatable bonds is 5. The Bertz CT molecular complexity index is 467. The van der Waals surface area contributed by atoms with Crippen molar-refractivity contribution in [1.29, 1.82) is 0 Å². The molecular formula is C17H28N2O4. The van der Waals surface area contributed by atoms with E-state index in [2.05, 4.69) is 0 Å². The number of amides is 2. The predicted molar refractivity (Wildman–Crippen MR) is 84.8 cm³/mol. The molecule has 2 amide bonds. The number of carbonyl (C=O) groups is 2. The average molecular weight is 324 g/mol. The highest BCUT2D eigenvalue weighted by Crippen LogP contribution is 2.40. The van der Waals surface area contributed by atoms with E-state index in [4.69, 9.17) is 4.74 Å². The van der Waals surface area contributed by atoms with Crippen molar-refractivity contribution in [1.82, 2.24) is 9.80 Å². The second-order valence-electron chi connectivity index (χ2n) is 7.40. The van der Waals surface area contributed by atoms with Gasteiger partial charge in [0.15, 0.2) is 0 Å². The third-order valence-electron chi connectivity index (χ3n) is 6.01. The first-order valence-electron chi connectivity index (χ1n) is 8.78. The van der Waals surface area contributed by atoms with Crippen LogP contribution in [-0.4, -0.2) is 71.2 Å². The molecular weight excluding hydrogens is 296 g/mol. The van der Waals surface area contributed by atoms with Gasteiger partial charge in [0.25, 0.3) is 0 Å². The van der Waals surface area contributed by atoms with E-state index in [1.807, 2.05) is 9.80 Å². The highest BCUT2D eigenvalue weighted by molar-refractivity contribution is 5.80. The minimum atomic E-state index is -0.750. The van der Waals surface area contributed by atoms with Crippen LogP contribution >= 0.6 is 0 Å². The van der Waals surface area contributed by atoms with Gasteiger partial charge in [-0.15, -0.1) is 0 Å². The van der Waals surface area contributed by atoms with Crippen LogP contribution in [0.25, 0.3) is 0 Å². The maximum atomic E-state index is 12.4. The molecule has 1 aliphatic carbocycles. The van der Waals surface area contributed by atoms with Crippen LogP contribution in [0.15, 0.2) is 0 Å². The second-order valence-corrected chi connectivity index (χ2v) is 7.40. The number of hydrogen-bond acceptors (Lipinski definition) is 4. The lowest BCUT2D eigenvalue weighted by Crippen LogP contribution is -2.55. The molecule has 0 radical (unpaired) electrons. The Kier molecular flexibility index (Phi) is 4.65. The number of carbonyl (C=O) groups excluding carboxylic acids is 2. The van der Waals surface area contributed by atoms with E-state index in [0.29, 0.717) is 32.7 Å². The van der Waals surface area contributed by atoms with E-state index in [-0.39, 0.29) is 23.8 Å². The summed E-state index contributed by atoms with van der Waals surface area (Å²) in [7, 11) is 1.65. The van der Waals surface area contributed by atoms with Gasteiger partial charge in [-0.25, -0.2) is 0 Å². The molecule has 130 valence electrons. The van der Waals surface area contributed by atoms with Gasteiger partial charge in [-0.1, -0.05) is 0 Å². The maximum Gasteiger partial charge on any atom is 0.225 e. The van der Waals surface area contributed by atoms with E-state index in [9.17, 15) is 14.7 Å². The molecule has 1 spiro atoms. The van der Waals surface area contributed by atoms with Gasteiger partial charge in [-0.3, -0.25) is 9.59 Å². The van der Waals surface area contributed by atoms with Gasteiger partial charge in [0, 0.05) is 38.7 Å². The first-order chi connectivity index (χ1) is 11.0. The van der Waals surface area contributed by atoms with Gasteiger partial charge in [0.2, 0.25) is 11.8 Å². The van der Waals surface area contributed by atoms with Crippen molar-refractivity contribution in [2.45, 2.75) is 62.5 Å². The molecule has 3 fully saturated rings. The van der Waals surface area contributed by atoms with Gasteiger partial charge in [0.05, 0.1) is 18.6 Å². The Morgan fingerprint density at radius 1 is 1.22 bits per heavy atom. The molecule has 0 aromatic heterocycles. The fraction of sp³-hybridized carbons (Fsp3) is 0.882. The number of ether oxygens (including phenoxy) is 1. The lowest BCUT2D eigenvalue weighted by Gasteiger charge is -2.46. The van der Waals surface area contributed by atoms with Crippen LogP contribution in [-0.2, 0) is 14.3 Å². The molecule has 2 saturated heterocycles. The van der Waals surface area contributed by atoms with Crippen LogP contribution < -0.4 is 0 Å². The normalized spacial score (nSPS) is 25.7. The van der Waals surface area contributed by atoms with Gasteiger partial charge in [0.1, 0.15) is 0 Å². The quantitative estimate of drug-likeness (QED) is 0.816. The zero-order chi connectivity index (χ0) is 16.5. The van der Waals surface area contributed by atoms with Crippen molar-refractivity contribution in [2.24, 2.45) is 0 Å². The van der Waals surface area contributed by atoms with Crippen LogP contribution in [0.5, 0.6) is 0 Å². The van der Waals surface area contributed by atoms with Crippen molar-refractivity contribution < 1.29 is 19.4 Å². The summed E-state index contributed by atoms with van der Waals surface area (Å²) >= 11 is 0. The molecule has 0 unspecified atom stereocenters. The van der Waals surface area contributed by atoms with Crippen molar-refractivity contribution in [3.8, 4) is 0 Å². The molecule has 2 heterocycles. The molecule has 3 aliphatic rings. The monoisotopic (exact) mass is 324 g/mol. The van der Waals surface area contributed by atoms with E-state index in [0.717, 1.165) is 38.5 Å². The Morgan fingerprint density at radius 2 is 1.91 bits per heavy atom. The third-order valence-corrected chi connectivity index (χ3v) is 6.01. The zero-order valence-corrected chi connectivity index (χ0v) is 14.1. The summed E-state index contributed by atoms with van der Waals surface area (Å²) in [4.78, 5) is 28.4. The molecule has 0 atom stereocenters. The summed E-state index contributed by atoms with van der Waals surface area (Å²) in [5.41, 5.74) is -0.834. The van der Waals surface area contributed by atoms with Crippen molar-refractivity contribution >= 4 is 11.8 Å². The molecule has 0 aromatic rings. The van der Waals surface area contributed by atoms with Gasteiger partial charge in [-0.05, 0) is 38.5 Å². The maximum absolute atomic E-state index is 12.4. The molecule has 0 aromatic carbocycles. The Labute approximate surface area is 137 Å². The van der Waals surface area contributed by atoms with Crippen molar-refractivity contribution in [3.05, 3.63) is 0 Å². The largest absolute Gasteiger partial charge is 0.389 e. The lowest BCUT2D eigenvalue weighted by molar-refractivity contribution is -0.143. The second kappa shape index (κ2) is 6.40. The zero-order valence-electron chi connectivity index (χ0n) is 14.1. The molecule has 3 rings (SSSR count). The number of hydrogen-bond donors (Lipinski definition) is 1. The number of piperidine rings is 1. The average Bonchev–Trinajstić information content (AvgIpc) is 2.80. The number of methoxy groups -OCH3 is 1. The summed E-state index contributed by atoms with van der Waals surface area (Å²) in [6.45, 7) is 2.57. The SMILES string of the molecule is COCCN1C(=O)CCC12CCN(C(=O)CC1(O)CCC1)CC2. The number of aliphatic hydroxyl groups is 1. The molecule has 6 nitrogen and oxygen atoms in total. The van der Waals surface area contributed by atoms with Crippen molar-refractivity contribution in [2.75, 3.05) is 33.4 Å². The van der Waals surface area contributed by atoms with Crippen LogP contribution in [0, 0.1) is 0 Å². The van der Waals surface area contributed by atoms with E-state index in [1.165, 1.54) is 0 Å². The summed E-state index contributed by atoms with van der Waals surface area (Å²) in [6, 6.07) is 0. The fourth-order valence-electron chi connectivity index (χ4n) is 4.27. The standard InChI is InChI=1S/C17H28N2O4/c1-23-12-11-19-14(20)3-6-16(19)7-9-18(10-8-16)15(21)13-17(22)4-2-5-17/h22H,2-13H2,1H3. The Hall–Kier alpha value is -1.14. The summed E-state index contributed by atoms with van der Waals surface area (Å²) in [6.07, 6.45) is 5.94. The van der Waals surface area contributed by atoms with Crippen LogP contribution in [0.3, 0.4) is 0 Å². The topological polar surface area (TPSA) is 70.1 Å². The lowest BCUT2D eigenvalue weighted by atomic mass is 9.77. The number of nitrogens with zero attached hydrogens (tertiary/aromatic N) is 2. The van der Waals surface area contributed by atoms with E-state index >= 15 is 0 Å². The van der Waals surface area contributed by atoms with Gasteiger partial charge >= 0.3 is 0 Å². The molecule has 0 bridgehead atoms. The van der Waals surface area contributed by atoms with Gasteiger partial charge in [-0.2, -0.15) is 0 Å². The van der Waals surface area contributed by atoms with Crippen molar-refractivity contribution in [3.63, 3.8) is 0 Å². The highest BCUT2D eigenvalue weighted by atomic mass is 16.5. The minimum absolute atomic E-state index is 0.0646. The fourth-order valence-corrected chi connectivity index (χ4v) is 4.27. The minimum Gasteiger partial charge on any atom is -0.389 e. The molecule has 1 saturated carbocycles. The van der Waals surface area contributed by atoms with E-state index in [1.54, 1.807) is 7.11 Å². The molecule has 2 aliphatic heterocycles. The molecule has 23 heavy (non-hydrogen) atoms. The summed E-state index contributed by atoms with van der Waals surface area (Å²) < 4.78 is 5.13. The Balaban J connectivity index is 1.56. The molecule has 1 N–H and O–H groups in total. The molecule has 6 heteroatoms. The summed E-state index contributed by atoms with van der Waals surface area (Å²) in [5.74, 6) is 0.278.